The molecule has 0 unspecified atom stereocenters. The zero-order valence-corrected chi connectivity index (χ0v) is 15.2. The van der Waals surface area contributed by atoms with Gasteiger partial charge in [0.15, 0.2) is 5.65 Å². The fourth-order valence-corrected chi connectivity index (χ4v) is 2.74. The number of benzene rings is 1. The number of pyridine rings is 1. The fraction of sp³-hybridized carbons (Fsp3) is 0.350. The van der Waals surface area contributed by atoms with E-state index >= 15 is 0 Å². The van der Waals surface area contributed by atoms with E-state index in [0.717, 1.165) is 28.7 Å². The SMILES string of the molecule is CC[C@@H](C)NC(=O)c1cc(-c2ccccc2)nc2c1cnn2C(C)C. The molecule has 1 aromatic carbocycles. The molecule has 1 amide bonds. The van der Waals surface area contributed by atoms with E-state index in [9.17, 15) is 4.79 Å². The molecule has 25 heavy (non-hydrogen) atoms. The summed E-state index contributed by atoms with van der Waals surface area (Å²) in [7, 11) is 0. The Morgan fingerprint density at radius 1 is 1.20 bits per heavy atom. The molecule has 0 aliphatic carbocycles. The highest BCUT2D eigenvalue weighted by Crippen LogP contribution is 2.26. The van der Waals surface area contributed by atoms with Gasteiger partial charge in [-0.2, -0.15) is 5.10 Å². The van der Waals surface area contributed by atoms with Crippen LogP contribution in [-0.2, 0) is 0 Å². The first-order valence-corrected chi connectivity index (χ1v) is 8.75. The van der Waals surface area contributed by atoms with Gasteiger partial charge in [-0.3, -0.25) is 4.79 Å². The van der Waals surface area contributed by atoms with E-state index in [1.165, 1.54) is 0 Å². The minimum absolute atomic E-state index is 0.0813. The third-order valence-corrected chi connectivity index (χ3v) is 4.36. The van der Waals surface area contributed by atoms with Crippen LogP contribution in [0.15, 0.2) is 42.6 Å². The lowest BCUT2D eigenvalue weighted by atomic mass is 10.1. The van der Waals surface area contributed by atoms with Crippen LogP contribution in [0.1, 0.15) is 50.5 Å². The van der Waals surface area contributed by atoms with E-state index in [1.807, 2.05) is 48.0 Å². The van der Waals surface area contributed by atoms with Gasteiger partial charge in [0.25, 0.3) is 5.91 Å². The van der Waals surface area contributed by atoms with Crippen LogP contribution in [0.2, 0.25) is 0 Å². The maximum absolute atomic E-state index is 12.8. The van der Waals surface area contributed by atoms with Crippen LogP contribution in [0.5, 0.6) is 0 Å². The second-order valence-electron chi connectivity index (χ2n) is 6.62. The van der Waals surface area contributed by atoms with Crippen molar-refractivity contribution in [1.29, 1.82) is 0 Å². The van der Waals surface area contributed by atoms with Crippen LogP contribution in [0, 0.1) is 0 Å². The van der Waals surface area contributed by atoms with Crippen LogP contribution in [0.3, 0.4) is 0 Å². The number of aromatic nitrogens is 3. The molecule has 0 aliphatic rings. The van der Waals surface area contributed by atoms with Gasteiger partial charge in [-0.25, -0.2) is 9.67 Å². The van der Waals surface area contributed by atoms with Crippen molar-refractivity contribution in [2.45, 2.75) is 46.2 Å². The molecule has 3 rings (SSSR count). The third-order valence-electron chi connectivity index (χ3n) is 4.36. The highest BCUT2D eigenvalue weighted by molar-refractivity contribution is 6.06. The van der Waals surface area contributed by atoms with Gasteiger partial charge in [0.2, 0.25) is 0 Å². The third kappa shape index (κ3) is 3.40. The van der Waals surface area contributed by atoms with Crippen LogP contribution in [-0.4, -0.2) is 26.7 Å². The van der Waals surface area contributed by atoms with Crippen molar-refractivity contribution in [3.8, 4) is 11.3 Å². The van der Waals surface area contributed by atoms with Crippen molar-refractivity contribution in [3.05, 3.63) is 48.2 Å². The predicted molar refractivity (Wildman–Crippen MR) is 101 cm³/mol. The van der Waals surface area contributed by atoms with Crippen molar-refractivity contribution in [3.63, 3.8) is 0 Å². The van der Waals surface area contributed by atoms with Crippen molar-refractivity contribution in [1.82, 2.24) is 20.1 Å². The zero-order valence-electron chi connectivity index (χ0n) is 15.2. The van der Waals surface area contributed by atoms with Gasteiger partial charge in [-0.05, 0) is 33.3 Å². The number of carbonyl (C=O) groups is 1. The van der Waals surface area contributed by atoms with Crippen LogP contribution in [0.25, 0.3) is 22.3 Å². The Hall–Kier alpha value is -2.69. The second kappa shape index (κ2) is 7.05. The Balaban J connectivity index is 2.18. The van der Waals surface area contributed by atoms with E-state index in [2.05, 4.69) is 31.2 Å². The average Bonchev–Trinajstić information content (AvgIpc) is 3.05. The number of nitrogens with zero attached hydrogens (tertiary/aromatic N) is 3. The molecule has 2 heterocycles. The van der Waals surface area contributed by atoms with Crippen LogP contribution in [0.4, 0.5) is 0 Å². The molecule has 0 fully saturated rings. The number of carbonyl (C=O) groups excluding carboxylic acids is 1. The van der Waals surface area contributed by atoms with E-state index in [-0.39, 0.29) is 18.0 Å². The molecular formula is C20H24N4O. The zero-order chi connectivity index (χ0) is 18.0. The molecule has 1 atom stereocenters. The summed E-state index contributed by atoms with van der Waals surface area (Å²) in [5.41, 5.74) is 3.13. The van der Waals surface area contributed by atoms with Crippen molar-refractivity contribution >= 4 is 16.9 Å². The molecule has 3 aromatic rings. The summed E-state index contributed by atoms with van der Waals surface area (Å²) in [4.78, 5) is 17.6. The maximum atomic E-state index is 12.8. The topological polar surface area (TPSA) is 59.8 Å². The minimum Gasteiger partial charge on any atom is -0.350 e. The number of hydrogen-bond acceptors (Lipinski definition) is 3. The highest BCUT2D eigenvalue weighted by atomic mass is 16.1. The monoisotopic (exact) mass is 336 g/mol. The summed E-state index contributed by atoms with van der Waals surface area (Å²) < 4.78 is 1.86. The first kappa shape index (κ1) is 17.1. The van der Waals surface area contributed by atoms with Gasteiger partial charge < -0.3 is 5.32 Å². The van der Waals surface area contributed by atoms with E-state index in [4.69, 9.17) is 4.98 Å². The van der Waals surface area contributed by atoms with Crippen molar-refractivity contribution < 1.29 is 4.79 Å². The van der Waals surface area contributed by atoms with Crippen molar-refractivity contribution in [2.24, 2.45) is 0 Å². The van der Waals surface area contributed by atoms with E-state index < -0.39 is 0 Å². The first-order valence-electron chi connectivity index (χ1n) is 8.75. The lowest BCUT2D eigenvalue weighted by molar-refractivity contribution is 0.0941. The van der Waals surface area contributed by atoms with Crippen molar-refractivity contribution in [2.75, 3.05) is 0 Å². The Morgan fingerprint density at radius 3 is 2.56 bits per heavy atom. The molecule has 0 saturated carbocycles. The average molecular weight is 336 g/mol. The second-order valence-corrected chi connectivity index (χ2v) is 6.62. The summed E-state index contributed by atoms with van der Waals surface area (Å²) in [5.74, 6) is -0.0813. The quantitative estimate of drug-likeness (QED) is 0.759. The summed E-state index contributed by atoms with van der Waals surface area (Å²) in [6.45, 7) is 8.18. The number of nitrogens with one attached hydrogen (secondary N) is 1. The summed E-state index contributed by atoms with van der Waals surface area (Å²) in [5, 5.41) is 8.28. The smallest absolute Gasteiger partial charge is 0.252 e. The van der Waals surface area contributed by atoms with Gasteiger partial charge in [0.1, 0.15) is 0 Å². The molecule has 130 valence electrons. The van der Waals surface area contributed by atoms with Crippen LogP contribution < -0.4 is 5.32 Å². The molecular weight excluding hydrogens is 312 g/mol. The molecule has 5 nitrogen and oxygen atoms in total. The normalized spacial score (nSPS) is 12.5. The highest BCUT2D eigenvalue weighted by Gasteiger charge is 2.19. The standard InChI is InChI=1S/C20H24N4O/c1-5-14(4)22-20(25)16-11-18(15-9-7-6-8-10-15)23-19-17(16)12-21-24(19)13(2)3/h6-14H,5H2,1-4H3,(H,22,25)/t14-/m1/s1. The molecule has 2 aromatic heterocycles. The lowest BCUT2D eigenvalue weighted by Crippen LogP contribution is -2.32. The predicted octanol–water partition coefficient (Wildman–Crippen LogP) is 4.21. The summed E-state index contributed by atoms with van der Waals surface area (Å²) in [6, 6.07) is 12.1. The van der Waals surface area contributed by atoms with Gasteiger partial charge in [0, 0.05) is 17.6 Å². The molecule has 1 N–H and O–H groups in total. The number of fused-ring (bicyclic) bond motifs is 1. The van der Waals surface area contributed by atoms with Gasteiger partial charge >= 0.3 is 0 Å². The first-order chi connectivity index (χ1) is 12.0. The molecule has 0 spiro atoms. The summed E-state index contributed by atoms with van der Waals surface area (Å²) in [6.07, 6.45) is 2.62. The van der Waals surface area contributed by atoms with Gasteiger partial charge in [0.05, 0.1) is 22.8 Å². The Labute approximate surface area is 148 Å². The maximum Gasteiger partial charge on any atom is 0.252 e. The molecule has 5 heteroatoms. The number of hydrogen-bond donors (Lipinski definition) is 1. The van der Waals surface area contributed by atoms with E-state index in [1.54, 1.807) is 6.20 Å². The molecule has 0 saturated heterocycles. The van der Waals surface area contributed by atoms with E-state index in [0.29, 0.717) is 5.56 Å². The fourth-order valence-electron chi connectivity index (χ4n) is 2.74. The number of rotatable bonds is 5. The largest absolute Gasteiger partial charge is 0.350 e. The Bertz CT molecular complexity index is 883. The minimum atomic E-state index is -0.0813. The van der Waals surface area contributed by atoms with Gasteiger partial charge in [-0.1, -0.05) is 37.3 Å². The lowest BCUT2D eigenvalue weighted by Gasteiger charge is -2.14. The number of amides is 1. The van der Waals surface area contributed by atoms with Crippen LogP contribution >= 0.6 is 0 Å². The molecule has 0 radical (unpaired) electrons. The summed E-state index contributed by atoms with van der Waals surface area (Å²) >= 11 is 0. The Kier molecular flexibility index (Phi) is 4.83. The molecule has 0 bridgehead atoms. The van der Waals surface area contributed by atoms with Gasteiger partial charge in [-0.15, -0.1) is 0 Å². The molecule has 0 aliphatic heterocycles. The Morgan fingerprint density at radius 2 is 1.92 bits per heavy atom.